The van der Waals surface area contributed by atoms with Crippen molar-refractivity contribution >= 4 is 41.7 Å². The summed E-state index contributed by atoms with van der Waals surface area (Å²) in [5.74, 6) is 1.59. The maximum Gasteiger partial charge on any atom is 0.220 e. The largest absolute Gasteiger partial charge is 0.369 e. The Hall–Kier alpha value is -1.62. The van der Waals surface area contributed by atoms with Gasteiger partial charge in [-0.1, -0.05) is 13.0 Å². The van der Waals surface area contributed by atoms with Crippen molar-refractivity contribution in [2.45, 2.75) is 45.2 Å². The van der Waals surface area contributed by atoms with E-state index in [9.17, 15) is 4.79 Å². The van der Waals surface area contributed by atoms with Crippen molar-refractivity contribution < 1.29 is 4.79 Å². The molecule has 3 rings (SSSR count). The molecule has 1 aromatic rings. The number of guanidine groups is 1. The summed E-state index contributed by atoms with van der Waals surface area (Å²) < 4.78 is 0. The monoisotopic (exact) mass is 529 g/mol. The molecule has 4 N–H and O–H groups in total. The number of anilines is 1. The number of nitrogens with zero attached hydrogens (tertiary/aromatic N) is 4. The molecule has 9 heteroatoms. The van der Waals surface area contributed by atoms with Crippen LogP contribution in [0.5, 0.6) is 0 Å². The fourth-order valence-electron chi connectivity index (χ4n) is 4.39. The lowest BCUT2D eigenvalue weighted by molar-refractivity contribution is -0.122. The second-order valence-corrected chi connectivity index (χ2v) is 7.88. The topological polar surface area (TPSA) is 98.9 Å². The molecule has 1 unspecified atom stereocenters. The molecular formula is C21H36IN7O. The van der Waals surface area contributed by atoms with Crippen LogP contribution in [0.15, 0.2) is 23.3 Å². The van der Waals surface area contributed by atoms with E-state index in [1.807, 2.05) is 12.3 Å². The van der Waals surface area contributed by atoms with Crippen molar-refractivity contribution in [3.8, 4) is 0 Å². The van der Waals surface area contributed by atoms with Gasteiger partial charge in [0, 0.05) is 56.9 Å². The molecule has 30 heavy (non-hydrogen) atoms. The van der Waals surface area contributed by atoms with Crippen molar-refractivity contribution in [3.63, 3.8) is 0 Å². The van der Waals surface area contributed by atoms with Crippen LogP contribution in [0.1, 0.15) is 38.2 Å². The third-order valence-corrected chi connectivity index (χ3v) is 6.14. The van der Waals surface area contributed by atoms with E-state index in [4.69, 9.17) is 5.73 Å². The molecule has 8 nitrogen and oxygen atoms in total. The first-order chi connectivity index (χ1) is 14.1. The number of amides is 1. The SMILES string of the molecule is CCN1CCCC1CNC(=NC)NCc1cccnc1N1CCC(C(N)=O)CC1.I. The van der Waals surface area contributed by atoms with Crippen LogP contribution < -0.4 is 21.3 Å². The summed E-state index contributed by atoms with van der Waals surface area (Å²) in [5, 5.41) is 6.90. The van der Waals surface area contributed by atoms with E-state index in [1.165, 1.54) is 19.4 Å². The number of hydrogen-bond acceptors (Lipinski definition) is 5. The first kappa shape index (κ1) is 24.6. The molecule has 0 radical (unpaired) electrons. The molecule has 0 saturated carbocycles. The van der Waals surface area contributed by atoms with Crippen LogP contribution in [0.4, 0.5) is 5.82 Å². The first-order valence-electron chi connectivity index (χ1n) is 10.8. The molecule has 2 fully saturated rings. The molecule has 0 aliphatic carbocycles. The summed E-state index contributed by atoms with van der Waals surface area (Å²) >= 11 is 0. The Labute approximate surface area is 197 Å². The highest BCUT2D eigenvalue weighted by Gasteiger charge is 2.25. The van der Waals surface area contributed by atoms with Crippen LogP contribution >= 0.6 is 24.0 Å². The van der Waals surface area contributed by atoms with Gasteiger partial charge in [-0.25, -0.2) is 4.98 Å². The molecule has 168 valence electrons. The van der Waals surface area contributed by atoms with Crippen molar-refractivity contribution in [1.29, 1.82) is 0 Å². The Morgan fingerprint density at radius 1 is 1.27 bits per heavy atom. The Kier molecular flexibility index (Phi) is 10.1. The quantitative estimate of drug-likeness (QED) is 0.282. The molecule has 3 heterocycles. The van der Waals surface area contributed by atoms with Gasteiger partial charge >= 0.3 is 0 Å². The van der Waals surface area contributed by atoms with Gasteiger partial charge < -0.3 is 21.3 Å². The zero-order valence-corrected chi connectivity index (χ0v) is 20.5. The number of nitrogens with two attached hydrogens (primary N) is 1. The van der Waals surface area contributed by atoms with Gasteiger partial charge in [0.2, 0.25) is 5.91 Å². The predicted octanol–water partition coefficient (Wildman–Crippen LogP) is 1.55. The highest BCUT2D eigenvalue weighted by Crippen LogP contribution is 2.24. The Balaban J connectivity index is 0.00000320. The van der Waals surface area contributed by atoms with Crippen LogP contribution in [0.25, 0.3) is 0 Å². The van der Waals surface area contributed by atoms with Crippen molar-refractivity contribution in [2.75, 3.05) is 44.7 Å². The smallest absolute Gasteiger partial charge is 0.220 e. The fraction of sp³-hybridized carbons (Fsp3) is 0.667. The van der Waals surface area contributed by atoms with Gasteiger partial charge in [0.25, 0.3) is 0 Å². The average Bonchev–Trinajstić information content (AvgIpc) is 3.22. The highest BCUT2D eigenvalue weighted by molar-refractivity contribution is 14.0. The normalized spacial score (nSPS) is 20.7. The summed E-state index contributed by atoms with van der Waals surface area (Å²) in [4.78, 5) is 25.2. The summed E-state index contributed by atoms with van der Waals surface area (Å²) in [6, 6.07) is 4.64. The molecule has 0 bridgehead atoms. The molecule has 2 aliphatic rings. The Morgan fingerprint density at radius 2 is 2.03 bits per heavy atom. The minimum Gasteiger partial charge on any atom is -0.369 e. The van der Waals surface area contributed by atoms with Crippen LogP contribution in [0.3, 0.4) is 0 Å². The number of likely N-dealkylation sites (tertiary alicyclic amines) is 1. The van der Waals surface area contributed by atoms with E-state index in [0.717, 1.165) is 56.4 Å². The van der Waals surface area contributed by atoms with Gasteiger partial charge in [-0.15, -0.1) is 24.0 Å². The van der Waals surface area contributed by atoms with E-state index in [2.05, 4.69) is 43.4 Å². The third-order valence-electron chi connectivity index (χ3n) is 6.14. The first-order valence-corrected chi connectivity index (χ1v) is 10.8. The molecular weight excluding hydrogens is 493 g/mol. The van der Waals surface area contributed by atoms with Crippen LogP contribution in [-0.4, -0.2) is 67.6 Å². The Morgan fingerprint density at radius 3 is 2.70 bits per heavy atom. The van der Waals surface area contributed by atoms with Gasteiger partial charge in [-0.3, -0.25) is 14.7 Å². The number of pyridine rings is 1. The minimum atomic E-state index is -0.189. The number of rotatable bonds is 7. The number of carbonyl (C=O) groups is 1. The lowest BCUT2D eigenvalue weighted by Crippen LogP contribution is -2.44. The van der Waals surface area contributed by atoms with Gasteiger partial charge in [0.15, 0.2) is 5.96 Å². The molecule has 2 aliphatic heterocycles. The van der Waals surface area contributed by atoms with E-state index in [1.54, 1.807) is 7.05 Å². The summed E-state index contributed by atoms with van der Waals surface area (Å²) in [6.07, 6.45) is 5.92. The molecule has 1 amide bonds. The van der Waals surface area contributed by atoms with E-state index < -0.39 is 0 Å². The van der Waals surface area contributed by atoms with Crippen molar-refractivity contribution in [3.05, 3.63) is 23.9 Å². The van der Waals surface area contributed by atoms with E-state index in [0.29, 0.717) is 12.6 Å². The van der Waals surface area contributed by atoms with Gasteiger partial charge in [0.05, 0.1) is 0 Å². The molecule has 1 aromatic heterocycles. The van der Waals surface area contributed by atoms with E-state index in [-0.39, 0.29) is 35.8 Å². The maximum absolute atomic E-state index is 11.4. The van der Waals surface area contributed by atoms with Crippen molar-refractivity contribution in [1.82, 2.24) is 20.5 Å². The van der Waals surface area contributed by atoms with Gasteiger partial charge in [-0.05, 0) is 44.8 Å². The number of likely N-dealkylation sites (N-methyl/N-ethyl adjacent to an activating group) is 1. The van der Waals surface area contributed by atoms with Gasteiger partial charge in [0.1, 0.15) is 5.82 Å². The molecule has 2 saturated heterocycles. The fourth-order valence-corrected chi connectivity index (χ4v) is 4.39. The van der Waals surface area contributed by atoms with Crippen LogP contribution in [0.2, 0.25) is 0 Å². The predicted molar refractivity (Wildman–Crippen MR) is 132 cm³/mol. The lowest BCUT2D eigenvalue weighted by Gasteiger charge is -2.32. The molecule has 0 aromatic carbocycles. The molecule has 1 atom stereocenters. The number of nitrogens with one attached hydrogen (secondary N) is 2. The second-order valence-electron chi connectivity index (χ2n) is 7.88. The number of carbonyl (C=O) groups excluding carboxylic acids is 1. The highest BCUT2D eigenvalue weighted by atomic mass is 127. The Bertz CT molecular complexity index is 706. The van der Waals surface area contributed by atoms with Gasteiger partial charge in [-0.2, -0.15) is 0 Å². The number of primary amides is 1. The maximum atomic E-state index is 11.4. The summed E-state index contributed by atoms with van der Waals surface area (Å²) in [7, 11) is 1.81. The number of aromatic nitrogens is 1. The summed E-state index contributed by atoms with van der Waals surface area (Å²) in [5.41, 5.74) is 6.59. The zero-order valence-electron chi connectivity index (χ0n) is 18.1. The number of piperidine rings is 1. The lowest BCUT2D eigenvalue weighted by atomic mass is 9.96. The minimum absolute atomic E-state index is 0. The third kappa shape index (κ3) is 6.44. The number of halogens is 1. The number of aliphatic imine (C=N–C) groups is 1. The second kappa shape index (κ2) is 12.3. The standard InChI is InChI=1S/C21H35N7O.HI/c1-3-27-11-5-7-18(27)15-26-21(23-2)25-14-17-6-4-10-24-20(17)28-12-8-16(9-13-28)19(22)29;/h4,6,10,16,18H,3,5,7-9,11-15H2,1-2H3,(H2,22,29)(H2,23,25,26);1H. The van der Waals surface area contributed by atoms with Crippen LogP contribution in [0, 0.1) is 5.92 Å². The average molecular weight is 529 g/mol. The van der Waals surface area contributed by atoms with Crippen molar-refractivity contribution in [2.24, 2.45) is 16.6 Å². The zero-order chi connectivity index (χ0) is 20.6. The number of hydrogen-bond donors (Lipinski definition) is 3. The van der Waals surface area contributed by atoms with Crippen LogP contribution in [-0.2, 0) is 11.3 Å². The molecule has 0 spiro atoms. The van der Waals surface area contributed by atoms with E-state index >= 15 is 0 Å². The summed E-state index contributed by atoms with van der Waals surface area (Å²) in [6.45, 7) is 7.69.